The molecule has 1 unspecified atom stereocenters. The summed E-state index contributed by atoms with van der Waals surface area (Å²) in [6.45, 7) is 5.33. The minimum Gasteiger partial charge on any atom is -0.356 e. The second-order valence-corrected chi connectivity index (χ2v) is 5.21. The Morgan fingerprint density at radius 3 is 2.95 bits per heavy atom. The minimum atomic E-state index is 0. The number of nitrogens with zero attached hydrogens (tertiary/aromatic N) is 4. The summed E-state index contributed by atoms with van der Waals surface area (Å²) in [5.74, 6) is 1.62. The van der Waals surface area contributed by atoms with Gasteiger partial charge in [0.25, 0.3) is 0 Å². The fourth-order valence-corrected chi connectivity index (χ4v) is 2.58. The zero-order valence-electron chi connectivity index (χ0n) is 12.7. The van der Waals surface area contributed by atoms with Crippen LogP contribution in [0, 0.1) is 0 Å². The van der Waals surface area contributed by atoms with Crippen molar-refractivity contribution in [1.82, 2.24) is 20.0 Å². The van der Waals surface area contributed by atoms with Crippen molar-refractivity contribution >= 4 is 29.9 Å². The van der Waals surface area contributed by atoms with Gasteiger partial charge in [-0.05, 0) is 18.4 Å². The SMILES string of the molecule is CCCCNC(=NC)N1CCC(c2cnn(C)c2)C1.I. The molecule has 0 amide bonds. The van der Waals surface area contributed by atoms with Gasteiger partial charge in [0.2, 0.25) is 0 Å². The quantitative estimate of drug-likeness (QED) is 0.371. The molecule has 1 aliphatic heterocycles. The summed E-state index contributed by atoms with van der Waals surface area (Å²) >= 11 is 0. The largest absolute Gasteiger partial charge is 0.356 e. The van der Waals surface area contributed by atoms with Crippen LogP contribution in [0.4, 0.5) is 0 Å². The molecular formula is C14H26IN5. The number of hydrogen-bond acceptors (Lipinski definition) is 2. The number of aliphatic imine (C=N–C) groups is 1. The van der Waals surface area contributed by atoms with Gasteiger partial charge >= 0.3 is 0 Å². The number of nitrogens with one attached hydrogen (secondary N) is 1. The molecule has 1 aromatic heterocycles. The molecule has 2 rings (SSSR count). The third kappa shape index (κ3) is 4.36. The zero-order chi connectivity index (χ0) is 13.7. The lowest BCUT2D eigenvalue weighted by Crippen LogP contribution is -2.40. The standard InChI is InChI=1S/C14H25N5.HI/c1-4-5-7-16-14(15-2)19-8-6-12(11-19)13-9-17-18(3)10-13;/h9-10,12H,4-8,11H2,1-3H3,(H,15,16);1H. The molecule has 0 bridgehead atoms. The van der Waals surface area contributed by atoms with E-state index in [0.29, 0.717) is 5.92 Å². The van der Waals surface area contributed by atoms with Gasteiger partial charge in [-0.2, -0.15) is 5.10 Å². The highest BCUT2D eigenvalue weighted by molar-refractivity contribution is 14.0. The minimum absolute atomic E-state index is 0. The Bertz CT molecular complexity index is 429. The fraction of sp³-hybridized carbons (Fsp3) is 0.714. The molecule has 1 fully saturated rings. The van der Waals surface area contributed by atoms with E-state index in [1.165, 1.54) is 24.8 Å². The lowest BCUT2D eigenvalue weighted by Gasteiger charge is -2.21. The summed E-state index contributed by atoms with van der Waals surface area (Å²) in [4.78, 5) is 6.74. The average Bonchev–Trinajstić information content (AvgIpc) is 3.03. The van der Waals surface area contributed by atoms with E-state index in [2.05, 4.69) is 33.4 Å². The molecule has 0 aromatic carbocycles. The first-order valence-corrected chi connectivity index (χ1v) is 7.18. The van der Waals surface area contributed by atoms with Crippen LogP contribution in [0.3, 0.4) is 0 Å². The Balaban J connectivity index is 0.00000200. The van der Waals surface area contributed by atoms with Crippen molar-refractivity contribution in [3.63, 3.8) is 0 Å². The summed E-state index contributed by atoms with van der Waals surface area (Å²) in [5.41, 5.74) is 1.34. The van der Waals surface area contributed by atoms with Crippen molar-refractivity contribution in [1.29, 1.82) is 0 Å². The molecule has 1 aromatic rings. The summed E-state index contributed by atoms with van der Waals surface area (Å²) in [6, 6.07) is 0. The Labute approximate surface area is 138 Å². The second kappa shape index (κ2) is 8.49. The third-order valence-electron chi connectivity index (χ3n) is 3.71. The van der Waals surface area contributed by atoms with Crippen molar-refractivity contribution in [3.8, 4) is 0 Å². The van der Waals surface area contributed by atoms with Crippen LogP contribution in [0.1, 0.15) is 37.7 Å². The molecule has 6 heteroatoms. The molecule has 20 heavy (non-hydrogen) atoms. The highest BCUT2D eigenvalue weighted by Crippen LogP contribution is 2.26. The number of hydrogen-bond donors (Lipinski definition) is 1. The number of aromatic nitrogens is 2. The summed E-state index contributed by atoms with van der Waals surface area (Å²) < 4.78 is 1.88. The number of likely N-dealkylation sites (tertiary alicyclic amines) is 1. The second-order valence-electron chi connectivity index (χ2n) is 5.21. The number of aryl methyl sites for hydroxylation is 1. The lowest BCUT2D eigenvalue weighted by atomic mass is 10.0. The van der Waals surface area contributed by atoms with E-state index in [1.54, 1.807) is 0 Å². The Kier molecular flexibility index (Phi) is 7.32. The van der Waals surface area contributed by atoms with E-state index < -0.39 is 0 Å². The van der Waals surface area contributed by atoms with E-state index in [1.807, 2.05) is 25.0 Å². The fourth-order valence-electron chi connectivity index (χ4n) is 2.58. The van der Waals surface area contributed by atoms with Gasteiger partial charge in [-0.3, -0.25) is 9.67 Å². The summed E-state index contributed by atoms with van der Waals surface area (Å²) in [6.07, 6.45) is 7.70. The molecular weight excluding hydrogens is 365 g/mol. The average molecular weight is 391 g/mol. The normalized spacial score (nSPS) is 19.1. The monoisotopic (exact) mass is 391 g/mol. The van der Waals surface area contributed by atoms with E-state index >= 15 is 0 Å². The Morgan fingerprint density at radius 1 is 1.55 bits per heavy atom. The maximum absolute atomic E-state index is 4.39. The maximum Gasteiger partial charge on any atom is 0.193 e. The van der Waals surface area contributed by atoms with Gasteiger partial charge in [0, 0.05) is 45.8 Å². The van der Waals surface area contributed by atoms with E-state index in [4.69, 9.17) is 0 Å². The number of guanidine groups is 1. The van der Waals surface area contributed by atoms with Gasteiger partial charge in [-0.15, -0.1) is 24.0 Å². The first-order valence-electron chi connectivity index (χ1n) is 7.18. The van der Waals surface area contributed by atoms with Gasteiger partial charge in [-0.1, -0.05) is 13.3 Å². The molecule has 5 nitrogen and oxygen atoms in total. The van der Waals surface area contributed by atoms with Crippen LogP contribution < -0.4 is 5.32 Å². The molecule has 1 atom stereocenters. The molecule has 1 aliphatic rings. The highest BCUT2D eigenvalue weighted by Gasteiger charge is 2.26. The Morgan fingerprint density at radius 2 is 2.35 bits per heavy atom. The number of unbranched alkanes of at least 4 members (excludes halogenated alkanes) is 1. The number of halogens is 1. The van der Waals surface area contributed by atoms with E-state index in [0.717, 1.165) is 25.6 Å². The molecule has 1 saturated heterocycles. The zero-order valence-corrected chi connectivity index (χ0v) is 15.0. The van der Waals surface area contributed by atoms with Crippen LogP contribution in [0.5, 0.6) is 0 Å². The van der Waals surface area contributed by atoms with Crippen LogP contribution in [0.15, 0.2) is 17.4 Å². The van der Waals surface area contributed by atoms with Crippen LogP contribution in [0.25, 0.3) is 0 Å². The van der Waals surface area contributed by atoms with Crippen molar-refractivity contribution < 1.29 is 0 Å². The van der Waals surface area contributed by atoms with Gasteiger partial charge in [0.1, 0.15) is 0 Å². The predicted molar refractivity (Wildman–Crippen MR) is 93.8 cm³/mol. The van der Waals surface area contributed by atoms with Gasteiger partial charge in [0.15, 0.2) is 5.96 Å². The summed E-state index contributed by atoms with van der Waals surface area (Å²) in [5, 5.41) is 7.71. The van der Waals surface area contributed by atoms with E-state index in [9.17, 15) is 0 Å². The van der Waals surface area contributed by atoms with Crippen LogP contribution in [0.2, 0.25) is 0 Å². The van der Waals surface area contributed by atoms with Crippen molar-refractivity contribution in [2.75, 3.05) is 26.7 Å². The van der Waals surface area contributed by atoms with Crippen molar-refractivity contribution in [2.24, 2.45) is 12.0 Å². The predicted octanol–water partition coefficient (Wildman–Crippen LogP) is 2.20. The first kappa shape index (κ1) is 17.3. The molecule has 0 aliphatic carbocycles. The van der Waals surface area contributed by atoms with Gasteiger partial charge in [-0.25, -0.2) is 0 Å². The van der Waals surface area contributed by atoms with Crippen LogP contribution in [-0.4, -0.2) is 47.3 Å². The molecule has 2 heterocycles. The lowest BCUT2D eigenvalue weighted by molar-refractivity contribution is 0.484. The summed E-state index contributed by atoms with van der Waals surface area (Å²) in [7, 11) is 3.84. The maximum atomic E-state index is 4.39. The van der Waals surface area contributed by atoms with Crippen molar-refractivity contribution in [2.45, 2.75) is 32.1 Å². The molecule has 0 saturated carbocycles. The molecule has 0 spiro atoms. The third-order valence-corrected chi connectivity index (χ3v) is 3.71. The van der Waals surface area contributed by atoms with Crippen LogP contribution >= 0.6 is 24.0 Å². The molecule has 1 N–H and O–H groups in total. The topological polar surface area (TPSA) is 45.5 Å². The first-order chi connectivity index (χ1) is 9.24. The smallest absolute Gasteiger partial charge is 0.193 e. The Hall–Kier alpha value is -0.790. The highest BCUT2D eigenvalue weighted by atomic mass is 127. The molecule has 0 radical (unpaired) electrons. The van der Waals surface area contributed by atoms with Crippen molar-refractivity contribution in [3.05, 3.63) is 18.0 Å². The van der Waals surface area contributed by atoms with Crippen LogP contribution in [-0.2, 0) is 7.05 Å². The number of rotatable bonds is 4. The van der Waals surface area contributed by atoms with Gasteiger partial charge in [0.05, 0.1) is 6.20 Å². The molecule has 114 valence electrons. The van der Waals surface area contributed by atoms with Gasteiger partial charge < -0.3 is 10.2 Å². The van der Waals surface area contributed by atoms with E-state index in [-0.39, 0.29) is 24.0 Å².